The summed E-state index contributed by atoms with van der Waals surface area (Å²) in [6.07, 6.45) is 62.5. The molecule has 0 saturated carbocycles. The average molecular weight is 1040 g/mol. The Hall–Kier alpha value is -1.71. The van der Waals surface area contributed by atoms with E-state index in [9.17, 15) is 19.5 Å². The smallest absolute Gasteiger partial charge is 0.306 e. The van der Waals surface area contributed by atoms with Crippen LogP contribution in [0.1, 0.15) is 335 Å². The zero-order valence-corrected chi connectivity index (χ0v) is 49.6. The van der Waals surface area contributed by atoms with Crippen LogP contribution in [-0.2, 0) is 33.3 Å². The van der Waals surface area contributed by atoms with Crippen LogP contribution in [0.2, 0.25) is 0 Å². The number of hydrogen-bond acceptors (Lipinski definition) is 8. The first-order valence-corrected chi connectivity index (χ1v) is 32.2. The van der Waals surface area contributed by atoms with Crippen molar-refractivity contribution in [2.45, 2.75) is 347 Å². The Balaban J connectivity index is 3.72. The predicted molar refractivity (Wildman–Crippen MR) is 307 cm³/mol. The molecule has 0 aliphatic carbocycles. The van der Waals surface area contributed by atoms with Crippen molar-refractivity contribution >= 4 is 17.9 Å². The van der Waals surface area contributed by atoms with Gasteiger partial charge < -0.3 is 33.3 Å². The first-order valence-electron chi connectivity index (χ1n) is 32.2. The molecule has 2 atom stereocenters. The van der Waals surface area contributed by atoms with E-state index in [0.29, 0.717) is 17.4 Å². The molecule has 0 fully saturated rings. The highest BCUT2D eigenvalue weighted by Crippen LogP contribution is 2.19. The van der Waals surface area contributed by atoms with Gasteiger partial charge in [0.25, 0.3) is 0 Å². The van der Waals surface area contributed by atoms with Crippen LogP contribution in [0.25, 0.3) is 0 Å². The SMILES string of the molecule is CCCCCCCCCCCCCCCCCCCCCCCCCCCCCCCCCCCCCCCCCCCC(=O)OC(COC(=O)CCCCCCCCC)COC(OCC[N+](C)(C)C)C(=O)[O-]. The largest absolute Gasteiger partial charge is 0.545 e. The van der Waals surface area contributed by atoms with Crippen LogP contribution in [0.4, 0.5) is 0 Å². The average Bonchev–Trinajstić information content (AvgIpc) is 3.36. The molecule has 0 N–H and O–H groups in total. The number of unbranched alkanes of at least 4 members (excludes halogenated alkanes) is 46. The maximum atomic E-state index is 12.8. The van der Waals surface area contributed by atoms with E-state index in [0.717, 1.165) is 38.5 Å². The lowest BCUT2D eigenvalue weighted by Gasteiger charge is -2.26. The molecule has 0 aliphatic rings. The van der Waals surface area contributed by atoms with Crippen LogP contribution < -0.4 is 5.11 Å². The molecule has 0 aromatic carbocycles. The summed E-state index contributed by atoms with van der Waals surface area (Å²) in [7, 11) is 5.92. The van der Waals surface area contributed by atoms with Crippen molar-refractivity contribution in [3.63, 3.8) is 0 Å². The van der Waals surface area contributed by atoms with Crippen molar-refractivity contribution in [2.75, 3.05) is 47.5 Å². The number of hydrogen-bond donors (Lipinski definition) is 0. The lowest BCUT2D eigenvalue weighted by atomic mass is 10.0. The second-order valence-electron chi connectivity index (χ2n) is 23.4. The van der Waals surface area contributed by atoms with E-state index in [1.807, 2.05) is 21.1 Å². The Morgan fingerprint density at radius 1 is 0.356 bits per heavy atom. The van der Waals surface area contributed by atoms with Crippen molar-refractivity contribution in [2.24, 2.45) is 0 Å². The highest BCUT2D eigenvalue weighted by Gasteiger charge is 2.22. The first kappa shape index (κ1) is 71.3. The number of nitrogens with zero attached hydrogens (tertiary/aromatic N) is 1. The summed E-state index contributed by atoms with van der Waals surface area (Å²) in [5, 5.41) is 11.7. The summed E-state index contributed by atoms with van der Waals surface area (Å²) < 4.78 is 22.6. The van der Waals surface area contributed by atoms with E-state index in [1.54, 1.807) is 0 Å². The molecule has 0 rings (SSSR count). The summed E-state index contributed by atoms with van der Waals surface area (Å²) in [4.78, 5) is 37.0. The minimum atomic E-state index is -1.61. The van der Waals surface area contributed by atoms with Crippen molar-refractivity contribution in [1.82, 2.24) is 0 Å². The van der Waals surface area contributed by atoms with E-state index < -0.39 is 24.3 Å². The topological polar surface area (TPSA) is 111 Å². The fourth-order valence-electron chi connectivity index (χ4n) is 9.89. The number of ether oxygens (including phenoxy) is 4. The van der Waals surface area contributed by atoms with Gasteiger partial charge in [-0.2, -0.15) is 0 Å². The molecule has 0 saturated heterocycles. The molecule has 0 bridgehead atoms. The van der Waals surface area contributed by atoms with Crippen LogP contribution in [-0.4, -0.2) is 82.3 Å². The van der Waals surface area contributed by atoms with Gasteiger partial charge in [0.05, 0.1) is 40.3 Å². The minimum Gasteiger partial charge on any atom is -0.545 e. The van der Waals surface area contributed by atoms with Crippen LogP contribution in [0.3, 0.4) is 0 Å². The molecular weight excluding hydrogens is 911 g/mol. The number of likely N-dealkylation sites (N-methyl/N-ethyl adjacent to an activating group) is 1. The molecule has 0 aromatic rings. The highest BCUT2D eigenvalue weighted by atomic mass is 16.7. The zero-order valence-electron chi connectivity index (χ0n) is 49.6. The Morgan fingerprint density at radius 2 is 0.616 bits per heavy atom. The third-order valence-corrected chi connectivity index (χ3v) is 14.9. The van der Waals surface area contributed by atoms with E-state index in [1.165, 1.54) is 270 Å². The van der Waals surface area contributed by atoms with Crippen molar-refractivity contribution < 1.29 is 42.9 Å². The summed E-state index contributed by atoms with van der Waals surface area (Å²) in [5.41, 5.74) is 0. The van der Waals surface area contributed by atoms with Crippen molar-refractivity contribution in [1.29, 1.82) is 0 Å². The molecule has 0 radical (unpaired) electrons. The van der Waals surface area contributed by atoms with Crippen molar-refractivity contribution in [3.05, 3.63) is 0 Å². The number of aliphatic carboxylic acids is 1. The summed E-state index contributed by atoms with van der Waals surface area (Å²) in [6.45, 7) is 4.75. The lowest BCUT2D eigenvalue weighted by molar-refractivity contribution is -0.870. The lowest BCUT2D eigenvalue weighted by Crippen LogP contribution is -2.44. The number of carboxylic acids is 1. The van der Waals surface area contributed by atoms with Gasteiger partial charge >= 0.3 is 11.9 Å². The summed E-state index contributed by atoms with van der Waals surface area (Å²) in [6, 6.07) is 0. The Bertz CT molecular complexity index is 1160. The van der Waals surface area contributed by atoms with Gasteiger partial charge in [-0.1, -0.05) is 309 Å². The van der Waals surface area contributed by atoms with Gasteiger partial charge in [0, 0.05) is 12.8 Å². The summed E-state index contributed by atoms with van der Waals surface area (Å²) in [5.74, 6) is -2.27. The molecule has 2 unspecified atom stereocenters. The van der Waals surface area contributed by atoms with Gasteiger partial charge in [0.1, 0.15) is 13.2 Å². The van der Waals surface area contributed by atoms with E-state index in [-0.39, 0.29) is 32.2 Å². The Kier molecular flexibility index (Phi) is 55.2. The Morgan fingerprint density at radius 3 is 0.877 bits per heavy atom. The standard InChI is InChI=1S/C64H125NO8/c1-6-8-10-12-14-15-16-17-18-19-20-21-22-23-24-25-26-27-28-29-30-31-32-33-34-35-36-37-38-39-40-41-42-43-44-45-46-47-49-51-53-55-62(67)73-60(58-71-61(66)54-52-50-48-13-11-9-7-2)59-72-64(63(68)69)70-57-56-65(3,4)5/h60,64H,6-59H2,1-5H3. The van der Waals surface area contributed by atoms with Gasteiger partial charge in [0.2, 0.25) is 0 Å². The van der Waals surface area contributed by atoms with Crippen molar-refractivity contribution in [3.8, 4) is 0 Å². The van der Waals surface area contributed by atoms with Gasteiger partial charge in [-0.3, -0.25) is 9.59 Å². The Labute approximate surface area is 453 Å². The molecule has 9 nitrogen and oxygen atoms in total. The fraction of sp³-hybridized carbons (Fsp3) is 0.953. The number of rotatable bonds is 61. The molecule has 0 amide bonds. The van der Waals surface area contributed by atoms with Crippen LogP contribution in [0, 0.1) is 0 Å². The van der Waals surface area contributed by atoms with Gasteiger partial charge in [-0.05, 0) is 12.8 Å². The number of esters is 2. The summed E-state index contributed by atoms with van der Waals surface area (Å²) >= 11 is 0. The highest BCUT2D eigenvalue weighted by molar-refractivity contribution is 5.70. The zero-order chi connectivity index (χ0) is 53.4. The van der Waals surface area contributed by atoms with Crippen LogP contribution in [0.15, 0.2) is 0 Å². The van der Waals surface area contributed by atoms with E-state index >= 15 is 0 Å². The minimum absolute atomic E-state index is 0.153. The second kappa shape index (κ2) is 56.5. The third kappa shape index (κ3) is 57.8. The predicted octanol–water partition coefficient (Wildman–Crippen LogP) is 17.8. The van der Waals surface area contributed by atoms with E-state index in [4.69, 9.17) is 18.9 Å². The van der Waals surface area contributed by atoms with Crippen LogP contribution >= 0.6 is 0 Å². The molecule has 434 valence electrons. The van der Waals surface area contributed by atoms with Gasteiger partial charge in [-0.15, -0.1) is 0 Å². The quantitative estimate of drug-likeness (QED) is 0.0256. The van der Waals surface area contributed by atoms with Gasteiger partial charge in [-0.25, -0.2) is 0 Å². The second-order valence-corrected chi connectivity index (χ2v) is 23.4. The molecule has 0 spiro atoms. The third-order valence-electron chi connectivity index (χ3n) is 14.9. The fourth-order valence-corrected chi connectivity index (χ4v) is 9.89. The van der Waals surface area contributed by atoms with Gasteiger partial charge in [0.15, 0.2) is 12.4 Å². The number of carbonyl (C=O) groups is 3. The number of carboxylic acid groups (broad SMARTS) is 1. The number of carbonyl (C=O) groups excluding carboxylic acids is 3. The monoisotopic (exact) mass is 1040 g/mol. The first-order chi connectivity index (χ1) is 35.6. The molecule has 9 heteroatoms. The normalized spacial score (nSPS) is 12.6. The molecular formula is C64H125NO8. The van der Waals surface area contributed by atoms with Crippen LogP contribution in [0.5, 0.6) is 0 Å². The van der Waals surface area contributed by atoms with E-state index in [2.05, 4.69) is 13.8 Å². The molecule has 0 heterocycles. The molecule has 0 aromatic heterocycles. The molecule has 0 aliphatic heterocycles. The maximum absolute atomic E-state index is 12.8. The molecule has 73 heavy (non-hydrogen) atoms. The number of quaternary nitrogens is 1. The maximum Gasteiger partial charge on any atom is 0.306 e.